The molecular weight excluding hydrogens is 360 g/mol. The Morgan fingerprint density at radius 2 is 1.50 bits per heavy atom. The summed E-state index contributed by atoms with van der Waals surface area (Å²) in [4.78, 5) is 24.5. The standard InChI is InChI=1S/C21H24N2O5/c1-26-17-10-15(11-18(27-2)19(17)28-3)20(24)22-12-13-4-6-14(7-5-13)21(25)23-16-8-9-16/h4-7,10-11,16H,8-9,12H2,1-3H3,(H,22,24)(H,23,25). The second-order valence-electron chi connectivity index (χ2n) is 6.54. The minimum atomic E-state index is -0.269. The van der Waals surface area contributed by atoms with Gasteiger partial charge in [-0.1, -0.05) is 12.1 Å². The van der Waals surface area contributed by atoms with Crippen LogP contribution in [0.5, 0.6) is 17.2 Å². The Labute approximate surface area is 164 Å². The molecule has 3 rings (SSSR count). The molecule has 0 heterocycles. The molecule has 0 radical (unpaired) electrons. The molecule has 2 amide bonds. The van der Waals surface area contributed by atoms with Crippen molar-refractivity contribution in [2.75, 3.05) is 21.3 Å². The zero-order valence-electron chi connectivity index (χ0n) is 16.2. The van der Waals surface area contributed by atoms with Gasteiger partial charge in [-0.3, -0.25) is 9.59 Å². The van der Waals surface area contributed by atoms with Gasteiger partial charge in [-0.25, -0.2) is 0 Å². The molecule has 1 aliphatic rings. The SMILES string of the molecule is COc1cc(C(=O)NCc2ccc(C(=O)NC3CC3)cc2)cc(OC)c1OC. The Morgan fingerprint density at radius 3 is 2.00 bits per heavy atom. The van der Waals surface area contributed by atoms with E-state index in [2.05, 4.69) is 10.6 Å². The molecule has 0 aliphatic heterocycles. The van der Waals surface area contributed by atoms with Gasteiger partial charge in [0.05, 0.1) is 21.3 Å². The molecule has 0 spiro atoms. The molecule has 2 aromatic rings. The molecule has 1 fully saturated rings. The van der Waals surface area contributed by atoms with Gasteiger partial charge in [0.25, 0.3) is 11.8 Å². The maximum atomic E-state index is 12.5. The minimum Gasteiger partial charge on any atom is -0.493 e. The third-order valence-corrected chi connectivity index (χ3v) is 4.51. The first-order valence-electron chi connectivity index (χ1n) is 9.03. The smallest absolute Gasteiger partial charge is 0.251 e. The third-order valence-electron chi connectivity index (χ3n) is 4.51. The zero-order valence-corrected chi connectivity index (χ0v) is 16.2. The van der Waals surface area contributed by atoms with E-state index in [1.807, 2.05) is 12.1 Å². The topological polar surface area (TPSA) is 85.9 Å². The molecule has 148 valence electrons. The molecule has 0 aromatic heterocycles. The average molecular weight is 384 g/mol. The second kappa shape index (κ2) is 8.65. The predicted molar refractivity (Wildman–Crippen MR) is 104 cm³/mol. The summed E-state index contributed by atoms with van der Waals surface area (Å²) < 4.78 is 15.8. The molecule has 0 saturated heterocycles. The fraction of sp³-hybridized carbons (Fsp3) is 0.333. The maximum absolute atomic E-state index is 12.5. The summed E-state index contributed by atoms with van der Waals surface area (Å²) in [6.45, 7) is 0.333. The number of amides is 2. The first-order chi connectivity index (χ1) is 13.5. The lowest BCUT2D eigenvalue weighted by atomic mass is 10.1. The molecule has 0 atom stereocenters. The van der Waals surface area contributed by atoms with Crippen molar-refractivity contribution in [2.24, 2.45) is 0 Å². The van der Waals surface area contributed by atoms with E-state index in [4.69, 9.17) is 14.2 Å². The van der Waals surface area contributed by atoms with Crippen LogP contribution in [0.15, 0.2) is 36.4 Å². The predicted octanol–water partition coefficient (Wildman–Crippen LogP) is 2.53. The summed E-state index contributed by atoms with van der Waals surface area (Å²) >= 11 is 0. The lowest BCUT2D eigenvalue weighted by Crippen LogP contribution is -2.25. The number of carbonyl (C=O) groups is 2. The molecule has 28 heavy (non-hydrogen) atoms. The van der Waals surface area contributed by atoms with Crippen LogP contribution in [0.2, 0.25) is 0 Å². The van der Waals surface area contributed by atoms with Gasteiger partial charge in [0.2, 0.25) is 5.75 Å². The van der Waals surface area contributed by atoms with Gasteiger partial charge >= 0.3 is 0 Å². The van der Waals surface area contributed by atoms with Gasteiger partial charge in [-0.05, 0) is 42.7 Å². The first kappa shape index (κ1) is 19.5. The molecule has 2 aromatic carbocycles. The van der Waals surface area contributed by atoms with Crippen molar-refractivity contribution in [3.05, 3.63) is 53.1 Å². The highest BCUT2D eigenvalue weighted by Gasteiger charge is 2.23. The van der Waals surface area contributed by atoms with E-state index < -0.39 is 0 Å². The first-order valence-corrected chi connectivity index (χ1v) is 9.03. The van der Waals surface area contributed by atoms with Crippen molar-refractivity contribution in [1.82, 2.24) is 10.6 Å². The fourth-order valence-electron chi connectivity index (χ4n) is 2.77. The lowest BCUT2D eigenvalue weighted by Gasteiger charge is -2.14. The quantitative estimate of drug-likeness (QED) is 0.731. The summed E-state index contributed by atoms with van der Waals surface area (Å²) in [6.07, 6.45) is 2.10. The Kier molecular flexibility index (Phi) is 6.03. The van der Waals surface area contributed by atoms with Crippen LogP contribution >= 0.6 is 0 Å². The van der Waals surface area contributed by atoms with Crippen molar-refractivity contribution in [2.45, 2.75) is 25.4 Å². The second-order valence-corrected chi connectivity index (χ2v) is 6.54. The van der Waals surface area contributed by atoms with E-state index in [1.54, 1.807) is 24.3 Å². The van der Waals surface area contributed by atoms with Crippen LogP contribution in [-0.4, -0.2) is 39.2 Å². The van der Waals surface area contributed by atoms with E-state index in [0.29, 0.717) is 41.0 Å². The molecule has 1 saturated carbocycles. The number of nitrogens with one attached hydrogen (secondary N) is 2. The summed E-state index contributed by atoms with van der Waals surface area (Å²) in [7, 11) is 4.51. The number of methoxy groups -OCH3 is 3. The monoisotopic (exact) mass is 384 g/mol. The van der Waals surface area contributed by atoms with Gasteiger partial charge in [-0.15, -0.1) is 0 Å². The molecule has 2 N–H and O–H groups in total. The van der Waals surface area contributed by atoms with Crippen molar-refractivity contribution in [3.63, 3.8) is 0 Å². The van der Waals surface area contributed by atoms with Gasteiger partial charge in [0, 0.05) is 23.7 Å². The fourth-order valence-corrected chi connectivity index (χ4v) is 2.77. The minimum absolute atomic E-state index is 0.0597. The molecule has 1 aliphatic carbocycles. The van der Waals surface area contributed by atoms with E-state index in [-0.39, 0.29) is 11.8 Å². The molecule has 7 heteroatoms. The van der Waals surface area contributed by atoms with Gasteiger partial charge in [-0.2, -0.15) is 0 Å². The van der Waals surface area contributed by atoms with Crippen molar-refractivity contribution >= 4 is 11.8 Å². The average Bonchev–Trinajstić information content (AvgIpc) is 3.55. The Balaban J connectivity index is 1.64. The van der Waals surface area contributed by atoms with Crippen LogP contribution in [-0.2, 0) is 6.54 Å². The van der Waals surface area contributed by atoms with Crippen LogP contribution in [0.25, 0.3) is 0 Å². The van der Waals surface area contributed by atoms with E-state index >= 15 is 0 Å². The van der Waals surface area contributed by atoms with Crippen LogP contribution in [0.1, 0.15) is 39.1 Å². The highest BCUT2D eigenvalue weighted by Crippen LogP contribution is 2.38. The number of ether oxygens (including phenoxy) is 3. The van der Waals surface area contributed by atoms with Crippen LogP contribution in [0.3, 0.4) is 0 Å². The van der Waals surface area contributed by atoms with Crippen molar-refractivity contribution < 1.29 is 23.8 Å². The van der Waals surface area contributed by atoms with E-state index in [0.717, 1.165) is 18.4 Å². The van der Waals surface area contributed by atoms with Crippen molar-refractivity contribution in [3.8, 4) is 17.2 Å². The number of benzene rings is 2. The zero-order chi connectivity index (χ0) is 20.1. The lowest BCUT2D eigenvalue weighted by molar-refractivity contribution is 0.0941. The highest BCUT2D eigenvalue weighted by atomic mass is 16.5. The molecule has 7 nitrogen and oxygen atoms in total. The number of hydrogen-bond acceptors (Lipinski definition) is 5. The Bertz CT molecular complexity index is 835. The van der Waals surface area contributed by atoms with Gasteiger partial charge in [0.1, 0.15) is 0 Å². The molecule has 0 bridgehead atoms. The number of carbonyl (C=O) groups excluding carboxylic acids is 2. The van der Waals surface area contributed by atoms with Crippen LogP contribution in [0.4, 0.5) is 0 Å². The Hall–Kier alpha value is -3.22. The summed E-state index contributed by atoms with van der Waals surface area (Å²) in [5.74, 6) is 0.933. The van der Waals surface area contributed by atoms with Crippen LogP contribution < -0.4 is 24.8 Å². The normalized spacial score (nSPS) is 12.8. The van der Waals surface area contributed by atoms with Gasteiger partial charge in [0.15, 0.2) is 11.5 Å². The van der Waals surface area contributed by atoms with E-state index in [1.165, 1.54) is 21.3 Å². The summed E-state index contributed by atoms with van der Waals surface area (Å²) in [6, 6.07) is 10.7. The summed E-state index contributed by atoms with van der Waals surface area (Å²) in [5.41, 5.74) is 1.91. The van der Waals surface area contributed by atoms with E-state index in [9.17, 15) is 9.59 Å². The third kappa shape index (κ3) is 4.54. The summed E-state index contributed by atoms with van der Waals surface area (Å²) in [5, 5.41) is 5.80. The largest absolute Gasteiger partial charge is 0.493 e. The molecule has 0 unspecified atom stereocenters. The highest BCUT2D eigenvalue weighted by molar-refractivity contribution is 5.96. The molecular formula is C21H24N2O5. The van der Waals surface area contributed by atoms with Crippen LogP contribution in [0, 0.1) is 0 Å². The maximum Gasteiger partial charge on any atom is 0.251 e. The number of hydrogen-bond donors (Lipinski definition) is 2. The Morgan fingerprint density at radius 1 is 0.893 bits per heavy atom. The van der Waals surface area contributed by atoms with Gasteiger partial charge < -0.3 is 24.8 Å². The van der Waals surface area contributed by atoms with Crippen molar-refractivity contribution in [1.29, 1.82) is 0 Å². The number of rotatable bonds is 8.